The molecule has 2 aromatic heterocycles. The summed E-state index contributed by atoms with van der Waals surface area (Å²) in [7, 11) is 0. The van der Waals surface area contributed by atoms with Crippen molar-refractivity contribution in [3.63, 3.8) is 0 Å². The Bertz CT molecular complexity index is 632. The first kappa shape index (κ1) is 13.3. The second-order valence-electron chi connectivity index (χ2n) is 5.07. The van der Waals surface area contributed by atoms with Gasteiger partial charge in [-0.1, -0.05) is 10.3 Å². The first-order valence-corrected chi connectivity index (χ1v) is 6.51. The van der Waals surface area contributed by atoms with Crippen LogP contribution in [0.25, 0.3) is 0 Å². The normalized spacial score (nSPS) is 20.1. The zero-order valence-electron chi connectivity index (χ0n) is 11.5. The molecule has 0 radical (unpaired) electrons. The zero-order chi connectivity index (χ0) is 15.0. The lowest BCUT2D eigenvalue weighted by Gasteiger charge is -2.01. The Morgan fingerprint density at radius 2 is 1.43 bits per heavy atom. The summed E-state index contributed by atoms with van der Waals surface area (Å²) in [5.74, 6) is 0.754. The maximum Gasteiger partial charge on any atom is 0.229 e. The van der Waals surface area contributed by atoms with Crippen molar-refractivity contribution in [2.75, 3.05) is 10.6 Å². The predicted octanol–water partition coefficient (Wildman–Crippen LogP) is 1.49. The maximum absolute atomic E-state index is 11.9. The van der Waals surface area contributed by atoms with Crippen LogP contribution < -0.4 is 10.6 Å². The van der Waals surface area contributed by atoms with Gasteiger partial charge in [-0.25, -0.2) is 0 Å². The third-order valence-electron chi connectivity index (χ3n) is 3.22. The van der Waals surface area contributed by atoms with E-state index in [2.05, 4.69) is 20.9 Å². The molecule has 1 saturated carbocycles. The first-order chi connectivity index (χ1) is 10.0. The minimum atomic E-state index is -0.352. The van der Waals surface area contributed by atoms with Gasteiger partial charge in [0.1, 0.15) is 11.5 Å². The molecule has 2 aromatic rings. The molecule has 8 nitrogen and oxygen atoms in total. The maximum atomic E-state index is 11.9. The molecule has 0 aliphatic heterocycles. The van der Waals surface area contributed by atoms with Crippen molar-refractivity contribution in [3.05, 3.63) is 23.7 Å². The highest BCUT2D eigenvalue weighted by Gasteiger charge is 2.48. The van der Waals surface area contributed by atoms with Gasteiger partial charge in [-0.15, -0.1) is 0 Å². The lowest BCUT2D eigenvalue weighted by Crippen LogP contribution is -2.20. The molecule has 3 rings (SSSR count). The Kier molecular flexibility index (Phi) is 3.20. The van der Waals surface area contributed by atoms with Crippen LogP contribution in [0.4, 0.5) is 11.6 Å². The van der Waals surface area contributed by atoms with E-state index in [4.69, 9.17) is 9.05 Å². The van der Waals surface area contributed by atoms with Crippen LogP contribution in [0, 0.1) is 25.7 Å². The summed E-state index contributed by atoms with van der Waals surface area (Å²) in [6, 6.07) is 3.24. The molecular weight excluding hydrogens is 276 g/mol. The Morgan fingerprint density at radius 1 is 1.00 bits per heavy atom. The van der Waals surface area contributed by atoms with Gasteiger partial charge in [0.15, 0.2) is 11.6 Å². The van der Waals surface area contributed by atoms with E-state index in [1.807, 2.05) is 0 Å². The monoisotopic (exact) mass is 290 g/mol. The van der Waals surface area contributed by atoms with Crippen LogP contribution in [0.15, 0.2) is 21.2 Å². The quantitative estimate of drug-likeness (QED) is 0.882. The Hall–Kier alpha value is -2.64. The largest absolute Gasteiger partial charge is 0.360 e. The number of hydrogen-bond donors (Lipinski definition) is 2. The topological polar surface area (TPSA) is 110 Å². The number of hydrogen-bond acceptors (Lipinski definition) is 6. The number of anilines is 2. The van der Waals surface area contributed by atoms with Crippen molar-refractivity contribution in [1.82, 2.24) is 10.3 Å². The fourth-order valence-corrected chi connectivity index (χ4v) is 2.06. The summed E-state index contributed by atoms with van der Waals surface area (Å²) in [5.41, 5.74) is 0. The van der Waals surface area contributed by atoms with Crippen LogP contribution in [0.5, 0.6) is 0 Å². The van der Waals surface area contributed by atoms with Gasteiger partial charge in [0.25, 0.3) is 0 Å². The molecule has 0 spiro atoms. The summed E-state index contributed by atoms with van der Waals surface area (Å²) in [4.78, 5) is 23.9. The zero-order valence-corrected chi connectivity index (χ0v) is 11.5. The lowest BCUT2D eigenvalue weighted by atomic mass is 10.3. The SMILES string of the molecule is Cc1cc(NC(=O)C2CC2C(=O)Nc2cc(C)on2)no1. The molecule has 0 saturated heterocycles. The fraction of sp³-hybridized carbons (Fsp3) is 0.385. The molecular formula is C13H14N4O4. The molecule has 2 N–H and O–H groups in total. The molecule has 110 valence electrons. The highest BCUT2D eigenvalue weighted by atomic mass is 16.5. The molecule has 1 aliphatic carbocycles. The second kappa shape index (κ2) is 5.04. The molecule has 1 aliphatic rings. The average molecular weight is 290 g/mol. The smallest absolute Gasteiger partial charge is 0.229 e. The van der Waals surface area contributed by atoms with E-state index >= 15 is 0 Å². The van der Waals surface area contributed by atoms with Gasteiger partial charge in [0.2, 0.25) is 11.8 Å². The molecule has 8 heteroatoms. The second-order valence-corrected chi connectivity index (χ2v) is 5.07. The van der Waals surface area contributed by atoms with Gasteiger partial charge >= 0.3 is 0 Å². The molecule has 2 amide bonds. The van der Waals surface area contributed by atoms with Gasteiger partial charge in [0, 0.05) is 12.1 Å². The predicted molar refractivity (Wildman–Crippen MR) is 71.3 cm³/mol. The Labute approximate surface area is 119 Å². The van der Waals surface area contributed by atoms with Crippen LogP contribution in [-0.2, 0) is 9.59 Å². The van der Waals surface area contributed by atoms with Crippen molar-refractivity contribution >= 4 is 23.5 Å². The van der Waals surface area contributed by atoms with E-state index in [9.17, 15) is 9.59 Å². The van der Waals surface area contributed by atoms with Gasteiger partial charge in [-0.05, 0) is 20.3 Å². The lowest BCUT2D eigenvalue weighted by molar-refractivity contribution is -0.122. The van der Waals surface area contributed by atoms with Crippen molar-refractivity contribution in [1.29, 1.82) is 0 Å². The molecule has 1 fully saturated rings. The minimum Gasteiger partial charge on any atom is -0.360 e. The summed E-state index contributed by atoms with van der Waals surface area (Å²) in [5, 5.41) is 12.6. The van der Waals surface area contributed by atoms with E-state index in [-0.39, 0.29) is 23.7 Å². The fourth-order valence-electron chi connectivity index (χ4n) is 2.06. The van der Waals surface area contributed by atoms with Crippen LogP contribution in [0.1, 0.15) is 17.9 Å². The van der Waals surface area contributed by atoms with Crippen molar-refractivity contribution in [2.45, 2.75) is 20.3 Å². The number of carbonyl (C=O) groups excluding carboxylic acids is 2. The summed E-state index contributed by atoms with van der Waals surface area (Å²) < 4.78 is 9.72. The van der Waals surface area contributed by atoms with Crippen LogP contribution in [0.2, 0.25) is 0 Å². The van der Waals surface area contributed by atoms with Crippen molar-refractivity contribution in [2.24, 2.45) is 11.8 Å². The number of aryl methyl sites for hydroxylation is 2. The van der Waals surface area contributed by atoms with E-state index in [0.717, 1.165) is 0 Å². The van der Waals surface area contributed by atoms with E-state index < -0.39 is 0 Å². The molecule has 0 aromatic carbocycles. The third kappa shape index (κ3) is 2.93. The Balaban J connectivity index is 1.53. The van der Waals surface area contributed by atoms with Crippen molar-refractivity contribution in [3.8, 4) is 0 Å². The highest BCUT2D eigenvalue weighted by Crippen LogP contribution is 2.40. The molecule has 0 bridgehead atoms. The average Bonchev–Trinajstić information content (AvgIpc) is 3.00. The van der Waals surface area contributed by atoms with E-state index in [1.54, 1.807) is 26.0 Å². The van der Waals surface area contributed by atoms with Crippen LogP contribution in [-0.4, -0.2) is 22.1 Å². The number of rotatable bonds is 4. The third-order valence-corrected chi connectivity index (χ3v) is 3.22. The van der Waals surface area contributed by atoms with Gasteiger partial charge in [-0.3, -0.25) is 9.59 Å². The molecule has 2 unspecified atom stereocenters. The van der Waals surface area contributed by atoms with Gasteiger partial charge in [-0.2, -0.15) is 0 Å². The first-order valence-electron chi connectivity index (χ1n) is 6.51. The molecule has 21 heavy (non-hydrogen) atoms. The number of carbonyl (C=O) groups is 2. The van der Waals surface area contributed by atoms with Gasteiger partial charge in [0.05, 0.1) is 11.8 Å². The Morgan fingerprint density at radius 3 is 1.76 bits per heavy atom. The molecule has 2 heterocycles. The summed E-state index contributed by atoms with van der Waals surface area (Å²) >= 11 is 0. The van der Waals surface area contributed by atoms with E-state index in [0.29, 0.717) is 29.6 Å². The van der Waals surface area contributed by atoms with Gasteiger partial charge < -0.3 is 19.7 Å². The minimum absolute atomic E-state index is 0.236. The van der Waals surface area contributed by atoms with Crippen LogP contribution in [0.3, 0.4) is 0 Å². The number of amides is 2. The van der Waals surface area contributed by atoms with Crippen LogP contribution >= 0.6 is 0 Å². The van der Waals surface area contributed by atoms with Crippen molar-refractivity contribution < 1.29 is 18.6 Å². The summed E-state index contributed by atoms with van der Waals surface area (Å²) in [6.45, 7) is 3.46. The number of aromatic nitrogens is 2. The van der Waals surface area contributed by atoms with E-state index in [1.165, 1.54) is 0 Å². The summed E-state index contributed by atoms with van der Waals surface area (Å²) in [6.07, 6.45) is 0.505. The number of nitrogens with one attached hydrogen (secondary N) is 2. The number of nitrogens with zero attached hydrogens (tertiary/aromatic N) is 2. The standard InChI is InChI=1S/C13H14N4O4/c1-6-3-10(16-20-6)14-12(18)8-5-9(8)13(19)15-11-4-7(2)21-17-11/h3-4,8-9H,5H2,1-2H3,(H,14,16,18)(H,15,17,19). The highest BCUT2D eigenvalue weighted by molar-refractivity contribution is 6.02. The molecule has 2 atom stereocenters.